The van der Waals surface area contributed by atoms with Gasteiger partial charge >= 0.3 is 12.0 Å². The van der Waals surface area contributed by atoms with Crippen LogP contribution in [0.5, 0.6) is 0 Å². The summed E-state index contributed by atoms with van der Waals surface area (Å²) in [5.41, 5.74) is 0. The molecule has 1 rings (SSSR count). The number of nitrogens with zero attached hydrogens (tertiary/aromatic N) is 1. The molecule has 0 bridgehead atoms. The predicted octanol–water partition coefficient (Wildman–Crippen LogP) is -0.604. The first-order valence-electron chi connectivity index (χ1n) is 6.54. The van der Waals surface area contributed by atoms with E-state index in [1.807, 2.05) is 0 Å². The quantitative estimate of drug-likeness (QED) is 0.565. The average Bonchev–Trinajstić information content (AvgIpc) is 2.88. The molecule has 3 amide bonds. The minimum Gasteiger partial charge on any atom is -0.480 e. The lowest BCUT2D eigenvalue weighted by Gasteiger charge is -2.24. The van der Waals surface area contributed by atoms with Gasteiger partial charge in [-0.3, -0.25) is 4.79 Å². The number of carboxylic acids is 1. The molecule has 8 nitrogen and oxygen atoms in total. The Balaban J connectivity index is 2.44. The van der Waals surface area contributed by atoms with Crippen LogP contribution < -0.4 is 10.6 Å². The molecule has 1 aliphatic rings. The number of carbonyl (C=O) groups excluding carboxylic acids is 2. The van der Waals surface area contributed by atoms with Crippen molar-refractivity contribution in [1.82, 2.24) is 15.5 Å². The highest BCUT2D eigenvalue weighted by atomic mass is 16.5. The van der Waals surface area contributed by atoms with Gasteiger partial charge in [0.25, 0.3) is 0 Å². The number of hydrogen-bond donors (Lipinski definition) is 3. The number of likely N-dealkylation sites (tertiary alicyclic amines) is 1. The maximum atomic E-state index is 12.0. The van der Waals surface area contributed by atoms with Gasteiger partial charge in [0.15, 0.2) is 0 Å². The maximum Gasteiger partial charge on any atom is 0.326 e. The van der Waals surface area contributed by atoms with Crippen LogP contribution >= 0.6 is 0 Å². The van der Waals surface area contributed by atoms with E-state index in [9.17, 15) is 14.4 Å². The summed E-state index contributed by atoms with van der Waals surface area (Å²) in [7, 11) is 1.52. The zero-order valence-electron chi connectivity index (χ0n) is 11.7. The van der Waals surface area contributed by atoms with Crippen molar-refractivity contribution in [3.05, 3.63) is 0 Å². The number of hydrogen-bond acceptors (Lipinski definition) is 4. The molecule has 1 fully saturated rings. The molecule has 3 N–H and O–H groups in total. The normalized spacial score (nSPS) is 19.5. The smallest absolute Gasteiger partial charge is 0.326 e. The van der Waals surface area contributed by atoms with Crippen molar-refractivity contribution >= 4 is 17.9 Å². The Hall–Kier alpha value is -1.83. The summed E-state index contributed by atoms with van der Waals surface area (Å²) in [6.07, 6.45) is 1.09. The molecule has 0 saturated carbocycles. The number of carboxylic acid groups (broad SMARTS) is 1. The van der Waals surface area contributed by atoms with Crippen LogP contribution in [-0.4, -0.2) is 66.8 Å². The fourth-order valence-corrected chi connectivity index (χ4v) is 2.03. The van der Waals surface area contributed by atoms with Crippen LogP contribution in [0.15, 0.2) is 0 Å². The van der Waals surface area contributed by atoms with Crippen LogP contribution in [0, 0.1) is 0 Å². The zero-order chi connectivity index (χ0) is 15.1. The van der Waals surface area contributed by atoms with E-state index >= 15 is 0 Å². The monoisotopic (exact) mass is 287 g/mol. The van der Waals surface area contributed by atoms with E-state index < -0.39 is 24.1 Å². The first kappa shape index (κ1) is 16.2. The Morgan fingerprint density at radius 2 is 2.15 bits per heavy atom. The van der Waals surface area contributed by atoms with Gasteiger partial charge in [-0.1, -0.05) is 0 Å². The van der Waals surface area contributed by atoms with Gasteiger partial charge in [0.1, 0.15) is 12.1 Å². The highest BCUT2D eigenvalue weighted by Gasteiger charge is 2.34. The first-order valence-corrected chi connectivity index (χ1v) is 6.54. The molecule has 1 heterocycles. The van der Waals surface area contributed by atoms with E-state index in [1.165, 1.54) is 12.0 Å². The molecule has 0 aromatic heterocycles. The molecule has 20 heavy (non-hydrogen) atoms. The Morgan fingerprint density at radius 3 is 2.75 bits per heavy atom. The lowest BCUT2D eigenvalue weighted by atomic mass is 10.2. The summed E-state index contributed by atoms with van der Waals surface area (Å²) in [5, 5.41) is 14.1. The molecule has 1 saturated heterocycles. The lowest BCUT2D eigenvalue weighted by Crippen LogP contribution is -2.52. The second-order valence-corrected chi connectivity index (χ2v) is 4.64. The van der Waals surface area contributed by atoms with Crippen molar-refractivity contribution in [3.63, 3.8) is 0 Å². The Labute approximate surface area is 117 Å². The van der Waals surface area contributed by atoms with Crippen molar-refractivity contribution in [2.45, 2.75) is 31.8 Å². The number of methoxy groups -OCH3 is 1. The van der Waals surface area contributed by atoms with Gasteiger partial charge < -0.3 is 25.4 Å². The molecule has 1 unspecified atom stereocenters. The standard InChI is InChI=1S/C12H21N3O5/c1-8(10(16)13-5-7-20-2)14-12(19)15-6-3-4-9(15)11(17)18/h8-9H,3-7H2,1-2H3,(H,13,16)(H,14,19)(H,17,18)/t8?,9-/m1/s1. The second-order valence-electron chi connectivity index (χ2n) is 4.64. The number of ether oxygens (including phenoxy) is 1. The van der Waals surface area contributed by atoms with Crippen LogP contribution in [0.4, 0.5) is 4.79 Å². The van der Waals surface area contributed by atoms with Crippen molar-refractivity contribution in [1.29, 1.82) is 0 Å². The van der Waals surface area contributed by atoms with Crippen LogP contribution in [0.25, 0.3) is 0 Å². The third kappa shape index (κ3) is 4.37. The fraction of sp³-hybridized carbons (Fsp3) is 0.750. The fourth-order valence-electron chi connectivity index (χ4n) is 2.03. The summed E-state index contributed by atoms with van der Waals surface area (Å²) >= 11 is 0. The van der Waals surface area contributed by atoms with Gasteiger partial charge in [-0.25, -0.2) is 9.59 Å². The average molecular weight is 287 g/mol. The van der Waals surface area contributed by atoms with Crippen LogP contribution in [0.3, 0.4) is 0 Å². The molecular weight excluding hydrogens is 266 g/mol. The topological polar surface area (TPSA) is 108 Å². The number of carbonyl (C=O) groups is 3. The van der Waals surface area contributed by atoms with Gasteiger partial charge in [-0.05, 0) is 19.8 Å². The molecule has 0 aromatic carbocycles. The number of aliphatic carboxylic acids is 1. The Morgan fingerprint density at radius 1 is 1.45 bits per heavy atom. The highest BCUT2D eigenvalue weighted by Crippen LogP contribution is 2.17. The van der Waals surface area contributed by atoms with E-state index in [2.05, 4.69) is 10.6 Å². The van der Waals surface area contributed by atoms with Gasteiger partial charge in [0.2, 0.25) is 5.91 Å². The van der Waals surface area contributed by atoms with Crippen LogP contribution in [0.2, 0.25) is 0 Å². The summed E-state index contributed by atoms with van der Waals surface area (Å²) in [6.45, 7) is 2.68. The maximum absolute atomic E-state index is 12.0. The summed E-state index contributed by atoms with van der Waals surface area (Å²) in [4.78, 5) is 35.9. The predicted molar refractivity (Wildman–Crippen MR) is 70.2 cm³/mol. The largest absolute Gasteiger partial charge is 0.480 e. The molecule has 2 atom stereocenters. The first-order chi connectivity index (χ1) is 9.47. The van der Waals surface area contributed by atoms with E-state index in [0.717, 1.165) is 0 Å². The summed E-state index contributed by atoms with van der Waals surface area (Å²) in [5.74, 6) is -1.35. The van der Waals surface area contributed by atoms with E-state index in [4.69, 9.17) is 9.84 Å². The molecule has 114 valence electrons. The molecule has 8 heteroatoms. The summed E-state index contributed by atoms with van der Waals surface area (Å²) in [6, 6.07) is -2.06. The molecule has 0 radical (unpaired) electrons. The molecule has 0 aromatic rings. The molecule has 0 aliphatic carbocycles. The van der Waals surface area contributed by atoms with E-state index in [-0.39, 0.29) is 5.91 Å². The van der Waals surface area contributed by atoms with E-state index in [0.29, 0.717) is 32.5 Å². The third-order valence-electron chi connectivity index (χ3n) is 3.14. The van der Waals surface area contributed by atoms with Gasteiger partial charge in [0.05, 0.1) is 6.61 Å². The zero-order valence-corrected chi connectivity index (χ0v) is 11.7. The summed E-state index contributed by atoms with van der Waals surface area (Å²) < 4.78 is 4.80. The highest BCUT2D eigenvalue weighted by molar-refractivity contribution is 5.88. The van der Waals surface area contributed by atoms with Crippen molar-refractivity contribution < 1.29 is 24.2 Å². The number of nitrogens with one attached hydrogen (secondary N) is 2. The SMILES string of the molecule is COCCNC(=O)C(C)NC(=O)N1CCC[C@@H]1C(=O)O. The Kier molecular flexibility index (Phi) is 6.23. The van der Waals surface area contributed by atoms with Gasteiger partial charge in [-0.15, -0.1) is 0 Å². The van der Waals surface area contributed by atoms with E-state index in [1.54, 1.807) is 6.92 Å². The minimum atomic E-state index is -1.02. The number of amides is 3. The molecule has 1 aliphatic heterocycles. The van der Waals surface area contributed by atoms with Crippen molar-refractivity contribution in [2.75, 3.05) is 26.8 Å². The molecular formula is C12H21N3O5. The van der Waals surface area contributed by atoms with Crippen LogP contribution in [-0.2, 0) is 14.3 Å². The third-order valence-corrected chi connectivity index (χ3v) is 3.14. The number of urea groups is 1. The molecule has 0 spiro atoms. The second kappa shape index (κ2) is 7.68. The Bertz CT molecular complexity index is 374. The minimum absolute atomic E-state index is 0.332. The number of rotatable bonds is 6. The van der Waals surface area contributed by atoms with Crippen molar-refractivity contribution in [3.8, 4) is 0 Å². The van der Waals surface area contributed by atoms with Crippen molar-refractivity contribution in [2.24, 2.45) is 0 Å². The van der Waals surface area contributed by atoms with Crippen LogP contribution in [0.1, 0.15) is 19.8 Å². The van der Waals surface area contributed by atoms with Gasteiger partial charge in [0, 0.05) is 20.2 Å². The lowest BCUT2D eigenvalue weighted by molar-refractivity contribution is -0.141. The van der Waals surface area contributed by atoms with Gasteiger partial charge in [-0.2, -0.15) is 0 Å².